The normalized spacial score (nSPS) is 30.9. The molecular weight excluding hydrogens is 348 g/mol. The van der Waals surface area contributed by atoms with E-state index < -0.39 is 18.2 Å². The van der Waals surface area contributed by atoms with Crippen LogP contribution in [0.2, 0.25) is 0 Å². The molecule has 2 heterocycles. The van der Waals surface area contributed by atoms with E-state index >= 15 is 0 Å². The van der Waals surface area contributed by atoms with Gasteiger partial charge < -0.3 is 19.3 Å². The van der Waals surface area contributed by atoms with Crippen molar-refractivity contribution in [3.05, 3.63) is 54.1 Å². The topological polar surface area (TPSA) is 82.1 Å². The van der Waals surface area contributed by atoms with Gasteiger partial charge in [0.05, 0.1) is 12.2 Å². The summed E-state index contributed by atoms with van der Waals surface area (Å²) in [6.45, 7) is 1.39. The number of carbonyl (C=O) groups is 2. The summed E-state index contributed by atoms with van der Waals surface area (Å²) < 4.78 is 16.7. The lowest BCUT2D eigenvalue weighted by atomic mass is 9.94. The maximum Gasteiger partial charge on any atom is 0.330 e. The zero-order valence-corrected chi connectivity index (χ0v) is 15.2. The van der Waals surface area contributed by atoms with Gasteiger partial charge in [0.15, 0.2) is 0 Å². The fraction of sp³-hybridized carbons (Fsp3) is 0.429. The Morgan fingerprint density at radius 1 is 1.30 bits per heavy atom. The highest BCUT2D eigenvalue weighted by atomic mass is 16.6. The maximum absolute atomic E-state index is 11.5. The second kappa shape index (κ2) is 8.97. The lowest BCUT2D eigenvalue weighted by Gasteiger charge is -2.36. The molecule has 0 amide bonds. The lowest BCUT2D eigenvalue weighted by Crippen LogP contribution is -2.42. The fourth-order valence-electron chi connectivity index (χ4n) is 3.40. The van der Waals surface area contributed by atoms with E-state index in [4.69, 9.17) is 14.2 Å². The van der Waals surface area contributed by atoms with Crippen LogP contribution in [0.15, 0.2) is 48.6 Å². The fourth-order valence-corrected chi connectivity index (χ4v) is 3.40. The van der Waals surface area contributed by atoms with Crippen molar-refractivity contribution >= 4 is 18.0 Å². The first-order valence-electron chi connectivity index (χ1n) is 9.12. The van der Waals surface area contributed by atoms with Gasteiger partial charge in [-0.05, 0) is 11.6 Å². The van der Waals surface area contributed by atoms with E-state index in [1.165, 1.54) is 19.1 Å². The summed E-state index contributed by atoms with van der Waals surface area (Å²) in [6, 6.07) is 9.85. The highest BCUT2D eigenvalue weighted by Crippen LogP contribution is 2.28. The van der Waals surface area contributed by atoms with Crippen LogP contribution in [0.1, 0.15) is 31.7 Å². The van der Waals surface area contributed by atoms with E-state index in [9.17, 15) is 14.7 Å². The molecule has 0 spiro atoms. The monoisotopic (exact) mass is 372 g/mol. The zero-order valence-electron chi connectivity index (χ0n) is 15.2. The first-order chi connectivity index (χ1) is 13.0. The van der Waals surface area contributed by atoms with Crippen molar-refractivity contribution in [3.8, 4) is 0 Å². The molecule has 5 atom stereocenters. The molecule has 1 fully saturated rings. The molecule has 2 aliphatic heterocycles. The summed E-state index contributed by atoms with van der Waals surface area (Å²) >= 11 is 0. The van der Waals surface area contributed by atoms with Gasteiger partial charge in [0, 0.05) is 32.3 Å². The quantitative estimate of drug-likeness (QED) is 0.800. The number of aliphatic hydroxyl groups excluding tert-OH is 1. The number of rotatable bonds is 5. The first-order valence-corrected chi connectivity index (χ1v) is 9.12. The van der Waals surface area contributed by atoms with E-state index in [1.807, 2.05) is 42.5 Å². The Morgan fingerprint density at radius 2 is 2.07 bits per heavy atom. The molecule has 27 heavy (non-hydrogen) atoms. The number of hydrogen-bond acceptors (Lipinski definition) is 6. The van der Waals surface area contributed by atoms with Crippen LogP contribution < -0.4 is 0 Å². The molecular formula is C21H24O6. The van der Waals surface area contributed by atoms with Crippen molar-refractivity contribution in [2.45, 2.75) is 56.7 Å². The molecule has 1 aromatic rings. The van der Waals surface area contributed by atoms with Crippen LogP contribution in [0.4, 0.5) is 0 Å². The van der Waals surface area contributed by atoms with E-state index in [1.54, 1.807) is 0 Å². The Kier molecular flexibility index (Phi) is 6.42. The number of carbonyl (C=O) groups excluding carboxylic acids is 2. The number of aliphatic hydroxyl groups is 1. The summed E-state index contributed by atoms with van der Waals surface area (Å²) in [6.07, 6.45) is 5.62. The lowest BCUT2D eigenvalue weighted by molar-refractivity contribution is -0.163. The van der Waals surface area contributed by atoms with Crippen LogP contribution in [0.3, 0.4) is 0 Å². The summed E-state index contributed by atoms with van der Waals surface area (Å²) in [5.41, 5.74) is 1.05. The number of hydrogen-bond donors (Lipinski definition) is 1. The average molecular weight is 372 g/mol. The van der Waals surface area contributed by atoms with Gasteiger partial charge in [0.1, 0.15) is 18.3 Å². The second-order valence-corrected chi connectivity index (χ2v) is 6.83. The van der Waals surface area contributed by atoms with Gasteiger partial charge in [-0.1, -0.05) is 42.5 Å². The zero-order chi connectivity index (χ0) is 19.2. The van der Waals surface area contributed by atoms with Gasteiger partial charge in [-0.3, -0.25) is 4.79 Å². The summed E-state index contributed by atoms with van der Waals surface area (Å²) in [5.74, 6) is -0.809. The summed E-state index contributed by atoms with van der Waals surface area (Å²) in [5, 5.41) is 10.0. The highest BCUT2D eigenvalue weighted by molar-refractivity contribution is 5.83. The smallest absolute Gasteiger partial charge is 0.330 e. The number of benzene rings is 1. The minimum atomic E-state index is -0.862. The maximum atomic E-state index is 11.5. The number of ether oxygens (including phenoxy) is 3. The molecule has 0 radical (unpaired) electrons. The van der Waals surface area contributed by atoms with E-state index in [2.05, 4.69) is 0 Å². The van der Waals surface area contributed by atoms with Gasteiger partial charge in [-0.15, -0.1) is 0 Å². The number of cyclic esters (lactones) is 1. The molecule has 0 bridgehead atoms. The van der Waals surface area contributed by atoms with Crippen LogP contribution in [-0.4, -0.2) is 47.6 Å². The molecule has 0 aliphatic carbocycles. The minimum Gasteiger partial charge on any atom is -0.462 e. The van der Waals surface area contributed by atoms with Gasteiger partial charge in [0.2, 0.25) is 0 Å². The number of esters is 2. The van der Waals surface area contributed by atoms with Crippen molar-refractivity contribution in [2.75, 3.05) is 0 Å². The van der Waals surface area contributed by atoms with Gasteiger partial charge in [-0.25, -0.2) is 4.79 Å². The minimum absolute atomic E-state index is 0.236. The van der Waals surface area contributed by atoms with Crippen molar-refractivity contribution < 1.29 is 28.9 Å². The predicted molar refractivity (Wildman–Crippen MR) is 98.6 cm³/mol. The van der Waals surface area contributed by atoms with Crippen molar-refractivity contribution in [1.82, 2.24) is 0 Å². The summed E-state index contributed by atoms with van der Waals surface area (Å²) in [4.78, 5) is 22.8. The first kappa shape index (κ1) is 19.3. The van der Waals surface area contributed by atoms with Gasteiger partial charge >= 0.3 is 11.9 Å². The van der Waals surface area contributed by atoms with E-state index in [0.29, 0.717) is 19.3 Å². The largest absolute Gasteiger partial charge is 0.462 e. The molecule has 144 valence electrons. The third-order valence-corrected chi connectivity index (χ3v) is 4.60. The Balaban J connectivity index is 1.67. The molecule has 1 saturated heterocycles. The van der Waals surface area contributed by atoms with Crippen LogP contribution in [-0.2, 0) is 23.8 Å². The molecule has 0 aromatic heterocycles. The molecule has 6 heteroatoms. The van der Waals surface area contributed by atoms with E-state index in [-0.39, 0.29) is 24.3 Å². The summed E-state index contributed by atoms with van der Waals surface area (Å²) in [7, 11) is 0. The third kappa shape index (κ3) is 5.77. The molecule has 3 rings (SSSR count). The Bertz CT molecular complexity index is 711. The molecule has 1 aromatic carbocycles. The predicted octanol–water partition coefficient (Wildman–Crippen LogP) is 2.41. The van der Waals surface area contributed by atoms with Crippen LogP contribution in [0, 0.1) is 0 Å². The highest BCUT2D eigenvalue weighted by Gasteiger charge is 2.35. The van der Waals surface area contributed by atoms with E-state index in [0.717, 1.165) is 5.56 Å². The standard InChI is InChI=1S/C21H24O6/c1-14(22)25-17-11-16(8-7-15-5-3-2-4-6-15)26-18(12-17)13-20-19(23)9-10-21(24)27-20/h2-10,16-20,23H,11-13H2,1H3/b8-7+/t16-,17+,18+,19-,20-/m1/s1. The Hall–Kier alpha value is -2.44. The Labute approximate surface area is 158 Å². The molecule has 0 unspecified atom stereocenters. The van der Waals surface area contributed by atoms with Crippen molar-refractivity contribution in [3.63, 3.8) is 0 Å². The van der Waals surface area contributed by atoms with Crippen molar-refractivity contribution in [1.29, 1.82) is 0 Å². The van der Waals surface area contributed by atoms with Crippen molar-refractivity contribution in [2.24, 2.45) is 0 Å². The van der Waals surface area contributed by atoms with Gasteiger partial charge in [0.25, 0.3) is 0 Å². The van der Waals surface area contributed by atoms with Crippen LogP contribution >= 0.6 is 0 Å². The average Bonchev–Trinajstić information content (AvgIpc) is 2.63. The van der Waals surface area contributed by atoms with Crippen LogP contribution in [0.25, 0.3) is 6.08 Å². The van der Waals surface area contributed by atoms with Crippen LogP contribution in [0.5, 0.6) is 0 Å². The molecule has 1 N–H and O–H groups in total. The third-order valence-electron chi connectivity index (χ3n) is 4.60. The molecule has 2 aliphatic rings. The second-order valence-electron chi connectivity index (χ2n) is 6.83. The Morgan fingerprint density at radius 3 is 2.81 bits per heavy atom. The SMILES string of the molecule is CC(=O)O[C@@H]1C[C@@H](C[C@H]2OC(=O)C=C[C@H]2O)O[C@H](/C=C/c2ccccc2)C1. The van der Waals surface area contributed by atoms with Gasteiger partial charge in [-0.2, -0.15) is 0 Å². The molecule has 6 nitrogen and oxygen atoms in total. The molecule has 0 saturated carbocycles.